The molecule has 0 fully saturated rings. The minimum atomic E-state index is 0.794. The van der Waals surface area contributed by atoms with Gasteiger partial charge >= 0.3 is 0 Å². The average Bonchev–Trinajstić information content (AvgIpc) is 2.97. The van der Waals surface area contributed by atoms with E-state index in [2.05, 4.69) is 21.0 Å². The fraction of sp³-hybridized carbons (Fsp3) is 0.0625. The van der Waals surface area contributed by atoms with E-state index in [0.29, 0.717) is 0 Å². The molecule has 0 radical (unpaired) electrons. The summed E-state index contributed by atoms with van der Waals surface area (Å²) < 4.78 is 7.41. The van der Waals surface area contributed by atoms with Crippen molar-refractivity contribution in [3.05, 3.63) is 48.8 Å². The molecule has 0 aliphatic rings. The lowest BCUT2D eigenvalue weighted by atomic mass is 10.2. The molecule has 0 amide bonds. The van der Waals surface area contributed by atoms with Crippen molar-refractivity contribution in [3.63, 3.8) is 0 Å². The number of para-hydroxylation sites is 1. The number of hydrogen-bond acceptors (Lipinski definition) is 6. The molecule has 0 unspecified atom stereocenters. The quantitative estimate of drug-likeness (QED) is 0.523. The van der Waals surface area contributed by atoms with Gasteiger partial charge in [0.15, 0.2) is 4.34 Å². The van der Waals surface area contributed by atoms with Gasteiger partial charge in [0.2, 0.25) is 0 Å². The summed E-state index contributed by atoms with van der Waals surface area (Å²) in [6.07, 6.45) is 1.58. The maximum absolute atomic E-state index is 5.24. The van der Waals surface area contributed by atoms with E-state index in [1.165, 1.54) is 4.70 Å². The summed E-state index contributed by atoms with van der Waals surface area (Å²) in [6, 6.07) is 14.0. The lowest BCUT2D eigenvalue weighted by Gasteiger charge is -2.04. The standard InChI is InChI=1S/C16H11N3OS2/c1-20-10-6-7-11-13(8-10)17-9-18-15(11)22-16-19-12-4-2-3-5-14(12)21-16/h2-9H,1H3. The van der Waals surface area contributed by atoms with E-state index in [4.69, 9.17) is 4.74 Å². The highest BCUT2D eigenvalue weighted by atomic mass is 32.2. The SMILES string of the molecule is COc1ccc2c(Sc3nc4ccccc4s3)ncnc2c1. The second kappa shape index (κ2) is 5.55. The van der Waals surface area contributed by atoms with Gasteiger partial charge in [0.05, 0.1) is 22.8 Å². The maximum atomic E-state index is 5.24. The highest BCUT2D eigenvalue weighted by molar-refractivity contribution is 8.01. The van der Waals surface area contributed by atoms with E-state index < -0.39 is 0 Å². The monoisotopic (exact) mass is 325 g/mol. The second-order valence-electron chi connectivity index (χ2n) is 4.61. The smallest absolute Gasteiger partial charge is 0.157 e. The topological polar surface area (TPSA) is 47.9 Å². The highest BCUT2D eigenvalue weighted by Crippen LogP contribution is 2.36. The predicted molar refractivity (Wildman–Crippen MR) is 89.8 cm³/mol. The third-order valence-electron chi connectivity index (χ3n) is 3.27. The number of thiazole rings is 1. The first-order valence-corrected chi connectivity index (χ1v) is 8.29. The Morgan fingerprint density at radius 2 is 1.95 bits per heavy atom. The van der Waals surface area contributed by atoms with Crippen LogP contribution in [-0.2, 0) is 0 Å². The van der Waals surface area contributed by atoms with E-state index in [1.807, 2.05) is 36.4 Å². The molecule has 4 aromatic rings. The fourth-order valence-electron chi connectivity index (χ4n) is 2.20. The Hall–Kier alpha value is -2.18. The van der Waals surface area contributed by atoms with Crippen LogP contribution in [0.3, 0.4) is 0 Å². The maximum Gasteiger partial charge on any atom is 0.157 e. The Bertz CT molecular complexity index is 935. The molecule has 0 aliphatic heterocycles. The molecule has 0 atom stereocenters. The van der Waals surface area contributed by atoms with E-state index >= 15 is 0 Å². The Morgan fingerprint density at radius 3 is 2.82 bits per heavy atom. The number of aromatic nitrogens is 3. The second-order valence-corrected chi connectivity index (χ2v) is 6.88. The number of methoxy groups -OCH3 is 1. The number of fused-ring (bicyclic) bond motifs is 2. The van der Waals surface area contributed by atoms with Crippen LogP contribution in [0, 0.1) is 0 Å². The highest BCUT2D eigenvalue weighted by Gasteiger charge is 2.10. The van der Waals surface area contributed by atoms with Gasteiger partial charge in [-0.1, -0.05) is 12.1 Å². The Kier molecular flexibility index (Phi) is 3.40. The lowest BCUT2D eigenvalue weighted by molar-refractivity contribution is 0.415. The van der Waals surface area contributed by atoms with E-state index in [0.717, 1.165) is 31.5 Å². The zero-order valence-electron chi connectivity index (χ0n) is 11.7. The fourth-order valence-corrected chi connectivity index (χ4v) is 4.26. The van der Waals surface area contributed by atoms with Gasteiger partial charge < -0.3 is 4.74 Å². The van der Waals surface area contributed by atoms with Crippen molar-refractivity contribution in [1.29, 1.82) is 0 Å². The molecular weight excluding hydrogens is 314 g/mol. The minimum Gasteiger partial charge on any atom is -0.497 e. The number of benzene rings is 2. The molecule has 0 saturated carbocycles. The zero-order chi connectivity index (χ0) is 14.9. The summed E-state index contributed by atoms with van der Waals surface area (Å²) in [6.45, 7) is 0. The van der Waals surface area contributed by atoms with Crippen molar-refractivity contribution >= 4 is 44.2 Å². The van der Waals surface area contributed by atoms with Crippen LogP contribution in [0.25, 0.3) is 21.1 Å². The van der Waals surface area contributed by atoms with Gasteiger partial charge in [-0.05, 0) is 36.0 Å². The summed E-state index contributed by atoms with van der Waals surface area (Å²) in [4.78, 5) is 13.4. The third kappa shape index (κ3) is 2.40. The molecule has 2 aromatic heterocycles. The van der Waals surface area contributed by atoms with Crippen LogP contribution in [0.5, 0.6) is 5.75 Å². The molecule has 0 bridgehead atoms. The first kappa shape index (κ1) is 13.5. The molecular formula is C16H11N3OS2. The predicted octanol–water partition coefficient (Wildman–Crippen LogP) is 4.40. The molecule has 0 N–H and O–H groups in total. The van der Waals surface area contributed by atoms with Crippen molar-refractivity contribution < 1.29 is 4.74 Å². The summed E-state index contributed by atoms with van der Waals surface area (Å²) >= 11 is 3.25. The van der Waals surface area contributed by atoms with Gasteiger partial charge in [0, 0.05) is 11.5 Å². The largest absolute Gasteiger partial charge is 0.497 e. The van der Waals surface area contributed by atoms with Crippen molar-refractivity contribution in [2.45, 2.75) is 9.37 Å². The van der Waals surface area contributed by atoms with Crippen LogP contribution >= 0.6 is 23.1 Å². The molecule has 0 spiro atoms. The number of ether oxygens (including phenoxy) is 1. The molecule has 4 rings (SSSR count). The van der Waals surface area contributed by atoms with Gasteiger partial charge in [-0.25, -0.2) is 15.0 Å². The van der Waals surface area contributed by atoms with Gasteiger partial charge in [-0.15, -0.1) is 11.3 Å². The Balaban J connectivity index is 1.77. The molecule has 2 heterocycles. The first-order valence-electron chi connectivity index (χ1n) is 6.66. The van der Waals surface area contributed by atoms with Crippen LogP contribution < -0.4 is 4.74 Å². The normalized spacial score (nSPS) is 11.1. The van der Waals surface area contributed by atoms with Gasteiger partial charge in [0.1, 0.15) is 17.1 Å². The molecule has 0 saturated heterocycles. The number of nitrogens with zero attached hydrogens (tertiary/aromatic N) is 3. The molecule has 0 aliphatic carbocycles. The molecule has 108 valence electrons. The van der Waals surface area contributed by atoms with Crippen molar-refractivity contribution in [2.24, 2.45) is 0 Å². The van der Waals surface area contributed by atoms with Crippen molar-refractivity contribution in [1.82, 2.24) is 15.0 Å². The summed E-state index contributed by atoms with van der Waals surface area (Å²) in [5.41, 5.74) is 1.90. The number of rotatable bonds is 3. The zero-order valence-corrected chi connectivity index (χ0v) is 13.3. The average molecular weight is 325 g/mol. The van der Waals surface area contributed by atoms with Gasteiger partial charge in [-0.3, -0.25) is 0 Å². The first-order chi connectivity index (χ1) is 10.8. The Morgan fingerprint density at radius 1 is 1.05 bits per heavy atom. The van der Waals surface area contributed by atoms with Gasteiger partial charge in [-0.2, -0.15) is 0 Å². The van der Waals surface area contributed by atoms with Crippen LogP contribution in [0.15, 0.2) is 58.2 Å². The van der Waals surface area contributed by atoms with Crippen LogP contribution in [0.2, 0.25) is 0 Å². The molecule has 2 aromatic carbocycles. The van der Waals surface area contributed by atoms with Gasteiger partial charge in [0.25, 0.3) is 0 Å². The van der Waals surface area contributed by atoms with E-state index in [9.17, 15) is 0 Å². The van der Waals surface area contributed by atoms with E-state index in [1.54, 1.807) is 36.5 Å². The molecule has 6 heteroatoms. The van der Waals surface area contributed by atoms with Crippen LogP contribution in [0.4, 0.5) is 0 Å². The summed E-state index contributed by atoms with van der Waals surface area (Å²) in [5.74, 6) is 0.794. The number of hydrogen-bond donors (Lipinski definition) is 0. The van der Waals surface area contributed by atoms with Crippen molar-refractivity contribution in [3.8, 4) is 5.75 Å². The summed E-state index contributed by atoms with van der Waals surface area (Å²) in [5, 5.41) is 1.92. The van der Waals surface area contributed by atoms with Crippen LogP contribution in [-0.4, -0.2) is 22.1 Å². The molecule has 22 heavy (non-hydrogen) atoms. The minimum absolute atomic E-state index is 0.794. The van der Waals surface area contributed by atoms with E-state index in [-0.39, 0.29) is 0 Å². The third-order valence-corrected chi connectivity index (χ3v) is 5.38. The lowest BCUT2D eigenvalue weighted by Crippen LogP contribution is -1.88. The Labute approximate surface area is 135 Å². The van der Waals surface area contributed by atoms with Crippen molar-refractivity contribution in [2.75, 3.05) is 7.11 Å². The molecule has 4 nitrogen and oxygen atoms in total. The summed E-state index contributed by atoms with van der Waals surface area (Å²) in [7, 11) is 1.65. The van der Waals surface area contributed by atoms with Crippen LogP contribution in [0.1, 0.15) is 0 Å².